The van der Waals surface area contributed by atoms with Crippen molar-refractivity contribution in [1.82, 2.24) is 5.32 Å². The smallest absolute Gasteiger partial charge is 0.309 e. The second kappa shape index (κ2) is 7.14. The number of nitrogens with one attached hydrogen (secondary N) is 1. The Balaban J connectivity index is 1.79. The van der Waals surface area contributed by atoms with E-state index < -0.39 is 0 Å². The average molecular weight is 263 g/mol. The highest BCUT2D eigenvalue weighted by Crippen LogP contribution is 2.16. The normalized spacial score (nSPS) is 18.9. The van der Waals surface area contributed by atoms with Crippen LogP contribution >= 0.6 is 0 Å². The number of esters is 1. The quantitative estimate of drug-likeness (QED) is 0.823. The van der Waals surface area contributed by atoms with Gasteiger partial charge in [-0.05, 0) is 37.1 Å². The number of carbonyl (C=O) groups excluding carboxylic acids is 1. The van der Waals surface area contributed by atoms with Crippen molar-refractivity contribution in [2.24, 2.45) is 5.92 Å². The van der Waals surface area contributed by atoms with Gasteiger partial charge < -0.3 is 14.8 Å². The lowest BCUT2D eigenvalue weighted by Crippen LogP contribution is -2.33. The second-order valence-electron chi connectivity index (χ2n) is 4.92. The number of rotatable bonds is 5. The lowest BCUT2D eigenvalue weighted by atomic mass is 10.0. The highest BCUT2D eigenvalue weighted by Gasteiger charge is 2.13. The summed E-state index contributed by atoms with van der Waals surface area (Å²) in [5, 5.41) is 3.38. The Kier molecular flexibility index (Phi) is 5.21. The van der Waals surface area contributed by atoms with Crippen molar-refractivity contribution in [1.29, 1.82) is 0 Å². The van der Waals surface area contributed by atoms with Gasteiger partial charge in [-0.15, -0.1) is 0 Å². The number of benzene rings is 1. The van der Waals surface area contributed by atoms with Crippen LogP contribution in [0.2, 0.25) is 0 Å². The molecular weight excluding hydrogens is 242 g/mol. The SMILES string of the molecule is COC(=O)Cc1ccc(OC[C@H]2CCCNC2)cc1. The average Bonchev–Trinajstić information content (AvgIpc) is 2.47. The second-order valence-corrected chi connectivity index (χ2v) is 4.92. The first-order chi connectivity index (χ1) is 9.28. The summed E-state index contributed by atoms with van der Waals surface area (Å²) in [5.74, 6) is 1.24. The van der Waals surface area contributed by atoms with Crippen LogP contribution in [0.25, 0.3) is 0 Å². The van der Waals surface area contributed by atoms with E-state index in [1.54, 1.807) is 0 Å². The molecule has 1 fully saturated rings. The van der Waals surface area contributed by atoms with E-state index in [4.69, 9.17) is 4.74 Å². The highest BCUT2D eigenvalue weighted by atomic mass is 16.5. The molecule has 1 saturated heterocycles. The molecule has 1 heterocycles. The van der Waals surface area contributed by atoms with Gasteiger partial charge in [0.05, 0.1) is 20.1 Å². The lowest BCUT2D eigenvalue weighted by molar-refractivity contribution is -0.139. The van der Waals surface area contributed by atoms with E-state index >= 15 is 0 Å². The predicted octanol–water partition coefficient (Wildman–Crippen LogP) is 1.78. The first-order valence-electron chi connectivity index (χ1n) is 6.77. The van der Waals surface area contributed by atoms with Gasteiger partial charge in [0.2, 0.25) is 0 Å². The molecule has 0 spiro atoms. The van der Waals surface area contributed by atoms with Gasteiger partial charge in [-0.3, -0.25) is 4.79 Å². The fourth-order valence-electron chi connectivity index (χ4n) is 2.22. The van der Waals surface area contributed by atoms with Crippen LogP contribution in [0.5, 0.6) is 5.75 Å². The molecular formula is C15H21NO3. The zero-order chi connectivity index (χ0) is 13.5. The molecule has 1 aromatic rings. The Labute approximate surface area is 114 Å². The maximum atomic E-state index is 11.1. The van der Waals surface area contributed by atoms with Crippen molar-refractivity contribution in [3.05, 3.63) is 29.8 Å². The molecule has 19 heavy (non-hydrogen) atoms. The summed E-state index contributed by atoms with van der Waals surface area (Å²) in [6.07, 6.45) is 2.77. The van der Waals surface area contributed by atoms with E-state index in [1.807, 2.05) is 24.3 Å². The summed E-state index contributed by atoms with van der Waals surface area (Å²) in [7, 11) is 1.40. The van der Waals surface area contributed by atoms with Gasteiger partial charge in [-0.25, -0.2) is 0 Å². The Morgan fingerprint density at radius 2 is 2.16 bits per heavy atom. The van der Waals surface area contributed by atoms with Crippen molar-refractivity contribution >= 4 is 5.97 Å². The van der Waals surface area contributed by atoms with Crippen molar-refractivity contribution < 1.29 is 14.3 Å². The van der Waals surface area contributed by atoms with Crippen molar-refractivity contribution in [2.75, 3.05) is 26.8 Å². The summed E-state index contributed by atoms with van der Waals surface area (Å²) in [5.41, 5.74) is 0.943. The van der Waals surface area contributed by atoms with Crippen molar-refractivity contribution in [3.8, 4) is 5.75 Å². The van der Waals surface area contributed by atoms with E-state index in [9.17, 15) is 4.79 Å². The first kappa shape index (κ1) is 13.9. The summed E-state index contributed by atoms with van der Waals surface area (Å²) in [6.45, 7) is 2.92. The Morgan fingerprint density at radius 1 is 1.37 bits per heavy atom. The number of methoxy groups -OCH3 is 1. The third-order valence-corrected chi connectivity index (χ3v) is 3.38. The Hall–Kier alpha value is -1.55. The van der Waals surface area contributed by atoms with E-state index in [-0.39, 0.29) is 5.97 Å². The zero-order valence-electron chi connectivity index (χ0n) is 11.4. The number of carbonyl (C=O) groups is 1. The molecule has 0 unspecified atom stereocenters. The van der Waals surface area contributed by atoms with E-state index in [2.05, 4.69) is 10.1 Å². The van der Waals surface area contributed by atoms with Crippen molar-refractivity contribution in [2.45, 2.75) is 19.3 Å². The lowest BCUT2D eigenvalue weighted by Gasteiger charge is -2.22. The van der Waals surface area contributed by atoms with Gasteiger partial charge in [0.15, 0.2) is 0 Å². The van der Waals surface area contributed by atoms with Gasteiger partial charge in [0.25, 0.3) is 0 Å². The number of hydrogen-bond acceptors (Lipinski definition) is 4. The molecule has 1 atom stereocenters. The standard InChI is InChI=1S/C15H21NO3/c1-18-15(17)9-12-4-6-14(7-5-12)19-11-13-3-2-8-16-10-13/h4-7,13,16H,2-3,8-11H2,1H3/t13-/m0/s1. The first-order valence-corrected chi connectivity index (χ1v) is 6.77. The van der Waals surface area contributed by atoms with Gasteiger partial charge >= 0.3 is 5.97 Å². The molecule has 2 rings (SSSR count). The third kappa shape index (κ3) is 4.56. The fraction of sp³-hybridized carbons (Fsp3) is 0.533. The summed E-state index contributed by atoms with van der Waals surface area (Å²) < 4.78 is 10.4. The largest absolute Gasteiger partial charge is 0.493 e. The molecule has 0 bridgehead atoms. The molecule has 104 valence electrons. The molecule has 0 aliphatic carbocycles. The molecule has 4 nitrogen and oxygen atoms in total. The maximum Gasteiger partial charge on any atom is 0.309 e. The van der Waals surface area contributed by atoms with Crippen LogP contribution in [0.4, 0.5) is 0 Å². The van der Waals surface area contributed by atoms with Crippen molar-refractivity contribution in [3.63, 3.8) is 0 Å². The summed E-state index contributed by atoms with van der Waals surface area (Å²) in [4.78, 5) is 11.1. The molecule has 1 aromatic carbocycles. The third-order valence-electron chi connectivity index (χ3n) is 3.38. The maximum absolute atomic E-state index is 11.1. The molecule has 0 radical (unpaired) electrons. The molecule has 0 aromatic heterocycles. The number of piperidine rings is 1. The highest BCUT2D eigenvalue weighted by molar-refractivity contribution is 5.72. The summed E-state index contributed by atoms with van der Waals surface area (Å²) in [6, 6.07) is 7.64. The zero-order valence-corrected chi connectivity index (χ0v) is 11.4. The van der Waals surface area contributed by atoms with E-state index in [0.29, 0.717) is 12.3 Å². The topological polar surface area (TPSA) is 47.6 Å². The minimum Gasteiger partial charge on any atom is -0.493 e. The van der Waals surface area contributed by atoms with Gasteiger partial charge in [-0.2, -0.15) is 0 Å². The van der Waals surface area contributed by atoms with Crippen LogP contribution < -0.4 is 10.1 Å². The molecule has 0 amide bonds. The Morgan fingerprint density at radius 3 is 2.79 bits per heavy atom. The van der Waals surface area contributed by atoms with Crippen LogP contribution in [-0.2, 0) is 16.0 Å². The van der Waals surface area contributed by atoms with E-state index in [1.165, 1.54) is 20.0 Å². The fourth-order valence-corrected chi connectivity index (χ4v) is 2.22. The molecule has 1 N–H and O–H groups in total. The van der Waals surface area contributed by atoms with Crippen LogP contribution in [0.3, 0.4) is 0 Å². The monoisotopic (exact) mass is 263 g/mol. The minimum atomic E-state index is -0.220. The molecule has 1 aliphatic heterocycles. The summed E-state index contributed by atoms with van der Waals surface area (Å²) >= 11 is 0. The van der Waals surface area contributed by atoms with E-state index in [0.717, 1.165) is 31.0 Å². The predicted molar refractivity (Wildman–Crippen MR) is 73.3 cm³/mol. The van der Waals surface area contributed by atoms with Gasteiger partial charge in [0, 0.05) is 12.5 Å². The minimum absolute atomic E-state index is 0.220. The number of ether oxygens (including phenoxy) is 2. The van der Waals surface area contributed by atoms with Crippen LogP contribution in [0.1, 0.15) is 18.4 Å². The van der Waals surface area contributed by atoms with Crippen LogP contribution in [0.15, 0.2) is 24.3 Å². The molecule has 0 saturated carbocycles. The Bertz CT molecular complexity index is 396. The van der Waals surface area contributed by atoms with Crippen LogP contribution in [-0.4, -0.2) is 32.8 Å². The molecule has 1 aliphatic rings. The van der Waals surface area contributed by atoms with Gasteiger partial charge in [-0.1, -0.05) is 12.1 Å². The van der Waals surface area contributed by atoms with Gasteiger partial charge in [0.1, 0.15) is 5.75 Å². The number of hydrogen-bond donors (Lipinski definition) is 1. The van der Waals surface area contributed by atoms with Crippen LogP contribution in [0, 0.1) is 5.92 Å². The molecule has 4 heteroatoms.